The second kappa shape index (κ2) is 11.6. The fourth-order valence-electron chi connectivity index (χ4n) is 6.58. The largest absolute Gasteiger partial charge is 0.486 e. The summed E-state index contributed by atoms with van der Waals surface area (Å²) in [7, 11) is 1.87. The first-order valence-corrected chi connectivity index (χ1v) is 15.6. The van der Waals surface area contributed by atoms with E-state index in [4.69, 9.17) is 14.6 Å². The molecule has 0 bridgehead atoms. The lowest BCUT2D eigenvalue weighted by atomic mass is 10.0. The van der Waals surface area contributed by atoms with E-state index in [1.807, 2.05) is 43.0 Å². The van der Waals surface area contributed by atoms with E-state index in [0.717, 1.165) is 60.0 Å². The maximum absolute atomic E-state index is 13.0. The van der Waals surface area contributed by atoms with Crippen LogP contribution in [0.3, 0.4) is 0 Å². The van der Waals surface area contributed by atoms with E-state index in [9.17, 15) is 4.79 Å². The maximum Gasteiger partial charge on any atom is 0.341 e. The number of fused-ring (bicyclic) bond motifs is 1. The molecule has 0 radical (unpaired) electrons. The third-order valence-corrected chi connectivity index (χ3v) is 8.56. The highest BCUT2D eigenvalue weighted by atomic mass is 16.5. The highest BCUT2D eigenvalue weighted by molar-refractivity contribution is 5.91. The average molecular weight is 603 g/mol. The van der Waals surface area contributed by atoms with Crippen LogP contribution in [0, 0.1) is 0 Å². The van der Waals surface area contributed by atoms with E-state index in [1.165, 1.54) is 11.1 Å². The van der Waals surface area contributed by atoms with E-state index in [1.54, 1.807) is 10.9 Å². The van der Waals surface area contributed by atoms with E-state index in [2.05, 4.69) is 83.7 Å². The fourth-order valence-corrected chi connectivity index (χ4v) is 6.58. The normalized spacial score (nSPS) is 18.9. The van der Waals surface area contributed by atoms with Gasteiger partial charge in [0.05, 0.1) is 29.9 Å². The van der Waals surface area contributed by atoms with Crippen molar-refractivity contribution in [2.45, 2.75) is 57.7 Å². The Balaban J connectivity index is 1.17. The number of esters is 1. The van der Waals surface area contributed by atoms with Gasteiger partial charge in [0.2, 0.25) is 0 Å². The van der Waals surface area contributed by atoms with Crippen molar-refractivity contribution < 1.29 is 14.3 Å². The van der Waals surface area contributed by atoms with Crippen LogP contribution in [-0.2, 0) is 24.9 Å². The van der Waals surface area contributed by atoms with Crippen molar-refractivity contribution in [3.8, 4) is 22.6 Å². The van der Waals surface area contributed by atoms with Crippen LogP contribution < -0.4 is 4.74 Å². The average Bonchev–Trinajstić information content (AvgIpc) is 3.51. The Hall–Kier alpha value is -4.76. The molecule has 0 N–H and O–H groups in total. The Morgan fingerprint density at radius 3 is 2.62 bits per heavy atom. The van der Waals surface area contributed by atoms with Crippen LogP contribution in [0.5, 0.6) is 5.75 Å². The minimum absolute atomic E-state index is 0.0996. The molecule has 2 atom stereocenters. The van der Waals surface area contributed by atoms with Crippen molar-refractivity contribution in [3.05, 3.63) is 113 Å². The Morgan fingerprint density at radius 2 is 1.82 bits per heavy atom. The van der Waals surface area contributed by atoms with Gasteiger partial charge in [-0.1, -0.05) is 53.7 Å². The van der Waals surface area contributed by atoms with Gasteiger partial charge in [0.15, 0.2) is 0 Å². The number of rotatable bonds is 8. The van der Waals surface area contributed by atoms with Gasteiger partial charge in [-0.15, -0.1) is 5.10 Å². The molecule has 1 aliphatic heterocycles. The number of hydrogen-bond acceptors (Lipinski definition) is 7. The van der Waals surface area contributed by atoms with Gasteiger partial charge in [-0.05, 0) is 68.1 Å². The highest BCUT2D eigenvalue weighted by Crippen LogP contribution is 2.55. The van der Waals surface area contributed by atoms with Gasteiger partial charge in [-0.3, -0.25) is 9.58 Å². The fraction of sp³-hybridized carbons (Fsp3) is 0.333. The number of aryl methyl sites for hydroxylation is 1. The van der Waals surface area contributed by atoms with Gasteiger partial charge in [-0.25, -0.2) is 9.48 Å². The first kappa shape index (κ1) is 29.0. The summed E-state index contributed by atoms with van der Waals surface area (Å²) in [5.41, 5.74) is 7.56. The van der Waals surface area contributed by atoms with Crippen molar-refractivity contribution >= 4 is 5.97 Å². The Kier molecular flexibility index (Phi) is 7.49. The highest BCUT2D eigenvalue weighted by Gasteiger charge is 2.46. The van der Waals surface area contributed by atoms with Crippen molar-refractivity contribution in [1.29, 1.82) is 0 Å². The SMILES string of the molecule is CCOC(=O)c1cnn(-c2cccc(-c3cccc(CN4Cc5ccccc5OC(C)(C)C4)c3)c2)c1C1CC1c1cn(C)nn1. The molecule has 9 nitrogen and oxygen atoms in total. The van der Waals surface area contributed by atoms with Crippen LogP contribution in [0.1, 0.15) is 71.9 Å². The minimum Gasteiger partial charge on any atom is -0.486 e. The van der Waals surface area contributed by atoms with Gasteiger partial charge in [0.25, 0.3) is 0 Å². The summed E-state index contributed by atoms with van der Waals surface area (Å²) in [6, 6.07) is 25.4. The molecule has 5 aromatic rings. The number of hydrogen-bond donors (Lipinski definition) is 0. The minimum atomic E-state index is -0.350. The molecule has 3 heterocycles. The lowest BCUT2D eigenvalue weighted by Gasteiger charge is -2.29. The van der Waals surface area contributed by atoms with Gasteiger partial charge >= 0.3 is 5.97 Å². The van der Waals surface area contributed by atoms with Gasteiger partial charge in [0, 0.05) is 50.3 Å². The zero-order chi connectivity index (χ0) is 31.1. The van der Waals surface area contributed by atoms with Crippen molar-refractivity contribution in [1.82, 2.24) is 29.7 Å². The number of carbonyl (C=O) groups is 1. The zero-order valence-electron chi connectivity index (χ0n) is 26.2. The van der Waals surface area contributed by atoms with Gasteiger partial charge < -0.3 is 9.47 Å². The molecule has 0 spiro atoms. The summed E-state index contributed by atoms with van der Waals surface area (Å²) in [6.45, 7) is 8.90. The molecule has 2 unspecified atom stereocenters. The monoisotopic (exact) mass is 602 g/mol. The molecule has 7 rings (SSSR count). The predicted octanol–water partition coefficient (Wildman–Crippen LogP) is 6.29. The molecule has 0 saturated heterocycles. The summed E-state index contributed by atoms with van der Waals surface area (Å²) < 4.78 is 15.4. The second-order valence-electron chi connectivity index (χ2n) is 12.7. The predicted molar refractivity (Wildman–Crippen MR) is 171 cm³/mol. The molecule has 230 valence electrons. The number of para-hydroxylation sites is 1. The van der Waals surface area contributed by atoms with Crippen molar-refractivity contribution in [2.75, 3.05) is 13.2 Å². The third-order valence-electron chi connectivity index (χ3n) is 8.56. The van der Waals surface area contributed by atoms with Crippen LogP contribution in [-0.4, -0.2) is 54.4 Å². The smallest absolute Gasteiger partial charge is 0.341 e. The quantitative estimate of drug-likeness (QED) is 0.193. The molecule has 9 heteroatoms. The third kappa shape index (κ3) is 6.00. The maximum atomic E-state index is 13.0. The van der Waals surface area contributed by atoms with E-state index < -0.39 is 0 Å². The van der Waals surface area contributed by atoms with Crippen LogP contribution in [0.2, 0.25) is 0 Å². The standard InChI is InChI=1S/C36H38N6O3/c1-5-44-35(43)31-19-37-42(34(31)30-18-29(30)32-22-40(4)39-38-32)28-14-9-13-26(17-28)25-12-8-10-24(16-25)20-41-21-27-11-6-7-15-33(27)45-36(2,3)23-41/h6-17,19,22,29-30H,5,18,20-21,23H2,1-4H3. The molecule has 2 aliphatic rings. The van der Waals surface area contributed by atoms with Crippen LogP contribution in [0.15, 0.2) is 85.2 Å². The van der Waals surface area contributed by atoms with Crippen molar-refractivity contribution in [2.24, 2.45) is 7.05 Å². The molecule has 1 fully saturated rings. The lowest BCUT2D eigenvalue weighted by Crippen LogP contribution is -2.40. The van der Waals surface area contributed by atoms with Crippen molar-refractivity contribution in [3.63, 3.8) is 0 Å². The molecule has 1 aliphatic carbocycles. The summed E-state index contributed by atoms with van der Waals surface area (Å²) in [4.78, 5) is 15.4. The van der Waals surface area contributed by atoms with Crippen LogP contribution in [0.4, 0.5) is 0 Å². The molecule has 1 saturated carbocycles. The summed E-state index contributed by atoms with van der Waals surface area (Å²) in [5, 5.41) is 13.2. The van der Waals surface area contributed by atoms with Gasteiger partial charge in [0.1, 0.15) is 16.9 Å². The zero-order valence-corrected chi connectivity index (χ0v) is 26.2. The van der Waals surface area contributed by atoms with E-state index >= 15 is 0 Å². The summed E-state index contributed by atoms with van der Waals surface area (Å²) in [6.07, 6.45) is 4.46. The Morgan fingerprint density at radius 1 is 1.02 bits per heavy atom. The number of nitrogens with zero attached hydrogens (tertiary/aromatic N) is 6. The number of benzene rings is 3. The second-order valence-corrected chi connectivity index (χ2v) is 12.7. The Bertz CT molecular complexity index is 1860. The van der Waals surface area contributed by atoms with E-state index in [0.29, 0.717) is 12.2 Å². The van der Waals surface area contributed by atoms with Crippen LogP contribution in [0.25, 0.3) is 16.8 Å². The van der Waals surface area contributed by atoms with Gasteiger partial charge in [-0.2, -0.15) is 5.10 Å². The topological polar surface area (TPSA) is 87.3 Å². The molecular weight excluding hydrogens is 564 g/mol. The summed E-state index contributed by atoms with van der Waals surface area (Å²) in [5.74, 6) is 0.900. The van der Waals surface area contributed by atoms with E-state index in [-0.39, 0.29) is 23.4 Å². The lowest BCUT2D eigenvalue weighted by molar-refractivity contribution is 0.0524. The first-order chi connectivity index (χ1) is 21.8. The van der Waals surface area contributed by atoms with Crippen LogP contribution >= 0.6 is 0 Å². The molecule has 0 amide bonds. The molecule has 2 aromatic heterocycles. The molecular formula is C36H38N6O3. The summed E-state index contributed by atoms with van der Waals surface area (Å²) >= 11 is 0. The molecule has 45 heavy (non-hydrogen) atoms. The Labute approximate surface area is 263 Å². The number of aromatic nitrogens is 5. The molecule has 3 aromatic carbocycles. The number of carbonyl (C=O) groups excluding carboxylic acids is 1. The first-order valence-electron chi connectivity index (χ1n) is 15.6. The number of ether oxygens (including phenoxy) is 2.